The van der Waals surface area contributed by atoms with Gasteiger partial charge in [-0.3, -0.25) is 4.98 Å². The minimum absolute atomic E-state index is 0.197. The van der Waals surface area contributed by atoms with E-state index < -0.39 is 0 Å². The Morgan fingerprint density at radius 3 is 2.56 bits per heavy atom. The molecule has 0 amide bonds. The number of nitrogens with zero attached hydrogens (tertiary/aromatic N) is 1. The molecule has 1 heterocycles. The highest BCUT2D eigenvalue weighted by Gasteiger charge is 2.17. The van der Waals surface area contributed by atoms with Crippen LogP contribution in [0.1, 0.15) is 29.8 Å². The van der Waals surface area contributed by atoms with Gasteiger partial charge in [0.05, 0.1) is 11.7 Å². The summed E-state index contributed by atoms with van der Waals surface area (Å²) in [6, 6.07) is 10.9. The first-order valence-electron chi connectivity index (χ1n) is 6.12. The fourth-order valence-electron chi connectivity index (χ4n) is 1.95. The zero-order chi connectivity index (χ0) is 13.0. The molecule has 1 N–H and O–H groups in total. The van der Waals surface area contributed by atoms with Crippen LogP contribution in [-0.4, -0.2) is 11.5 Å². The number of hydrogen-bond acceptors (Lipinski definition) is 2. The van der Waals surface area contributed by atoms with Crippen LogP contribution in [0.15, 0.2) is 42.6 Å². The molecule has 0 saturated carbocycles. The fourth-order valence-corrected chi connectivity index (χ4v) is 1.95. The second-order valence-corrected chi connectivity index (χ2v) is 4.27. The molecule has 1 aromatic heterocycles. The molecule has 1 atom stereocenters. The Bertz CT molecular complexity index is 508. The third-order valence-electron chi connectivity index (χ3n) is 2.88. The summed E-state index contributed by atoms with van der Waals surface area (Å²) >= 11 is 0. The highest BCUT2D eigenvalue weighted by Crippen LogP contribution is 2.22. The van der Waals surface area contributed by atoms with Gasteiger partial charge in [-0.15, -0.1) is 0 Å². The van der Waals surface area contributed by atoms with Gasteiger partial charge >= 0.3 is 0 Å². The molecule has 0 bridgehead atoms. The Morgan fingerprint density at radius 2 is 1.94 bits per heavy atom. The van der Waals surface area contributed by atoms with E-state index in [0.717, 1.165) is 12.1 Å². The molecule has 2 rings (SSSR count). The first-order chi connectivity index (χ1) is 8.72. The predicted octanol–water partition coefficient (Wildman–Crippen LogP) is 3.23. The van der Waals surface area contributed by atoms with Crippen molar-refractivity contribution in [3.63, 3.8) is 0 Å². The minimum atomic E-state index is -0.274. The molecule has 2 nitrogen and oxygen atoms in total. The molecule has 18 heavy (non-hydrogen) atoms. The van der Waals surface area contributed by atoms with Gasteiger partial charge in [-0.25, -0.2) is 4.39 Å². The first kappa shape index (κ1) is 12.7. The molecule has 0 saturated heterocycles. The fraction of sp³-hybridized carbons (Fsp3) is 0.267. The Balaban J connectivity index is 2.40. The minimum Gasteiger partial charge on any atom is -0.305 e. The van der Waals surface area contributed by atoms with E-state index >= 15 is 0 Å². The third kappa shape index (κ3) is 2.74. The van der Waals surface area contributed by atoms with Gasteiger partial charge in [-0.05, 0) is 31.2 Å². The van der Waals surface area contributed by atoms with Crippen molar-refractivity contribution in [1.82, 2.24) is 10.3 Å². The molecule has 1 unspecified atom stereocenters. The molecule has 0 fully saturated rings. The van der Waals surface area contributed by atoms with E-state index in [0.29, 0.717) is 5.69 Å². The molecule has 0 aliphatic rings. The number of nitrogens with one attached hydrogen (secondary N) is 1. The second-order valence-electron chi connectivity index (χ2n) is 4.27. The molecule has 0 spiro atoms. The van der Waals surface area contributed by atoms with E-state index in [1.165, 1.54) is 11.6 Å². The van der Waals surface area contributed by atoms with Crippen LogP contribution in [0.5, 0.6) is 0 Å². The number of aromatic nitrogens is 1. The second kappa shape index (κ2) is 5.74. The smallest absolute Gasteiger partial charge is 0.146 e. The van der Waals surface area contributed by atoms with E-state index in [1.54, 1.807) is 12.3 Å². The van der Waals surface area contributed by atoms with Gasteiger partial charge in [0.2, 0.25) is 0 Å². The van der Waals surface area contributed by atoms with Crippen LogP contribution in [-0.2, 0) is 0 Å². The number of benzene rings is 1. The predicted molar refractivity (Wildman–Crippen MR) is 70.9 cm³/mol. The zero-order valence-corrected chi connectivity index (χ0v) is 10.7. The van der Waals surface area contributed by atoms with Crippen molar-refractivity contribution in [3.8, 4) is 0 Å². The Kier molecular flexibility index (Phi) is 4.05. The molecule has 94 valence electrons. The summed E-state index contributed by atoms with van der Waals surface area (Å²) < 4.78 is 13.8. The van der Waals surface area contributed by atoms with Crippen LogP contribution in [0.2, 0.25) is 0 Å². The molecule has 0 radical (unpaired) electrons. The van der Waals surface area contributed by atoms with Crippen molar-refractivity contribution in [2.24, 2.45) is 0 Å². The topological polar surface area (TPSA) is 24.9 Å². The first-order valence-corrected chi connectivity index (χ1v) is 6.12. The molecule has 2 aromatic rings. The van der Waals surface area contributed by atoms with E-state index in [4.69, 9.17) is 0 Å². The monoisotopic (exact) mass is 244 g/mol. The van der Waals surface area contributed by atoms with E-state index in [-0.39, 0.29) is 11.9 Å². The highest BCUT2D eigenvalue weighted by atomic mass is 19.1. The van der Waals surface area contributed by atoms with Gasteiger partial charge in [0.15, 0.2) is 0 Å². The van der Waals surface area contributed by atoms with Crippen LogP contribution in [0.25, 0.3) is 0 Å². The summed E-state index contributed by atoms with van der Waals surface area (Å²) in [5.41, 5.74) is 2.67. The van der Waals surface area contributed by atoms with Gasteiger partial charge in [0.1, 0.15) is 5.82 Å². The lowest BCUT2D eigenvalue weighted by Gasteiger charge is -2.18. The van der Waals surface area contributed by atoms with Gasteiger partial charge in [-0.2, -0.15) is 0 Å². The number of hydrogen-bond donors (Lipinski definition) is 1. The van der Waals surface area contributed by atoms with Crippen LogP contribution in [0.3, 0.4) is 0 Å². The number of aryl methyl sites for hydroxylation is 1. The Morgan fingerprint density at radius 1 is 1.22 bits per heavy atom. The standard InChI is InChI=1S/C15H17FN2/c1-3-17-14(12-8-6-11(2)7-9-12)15-13(16)5-4-10-18-15/h4-10,14,17H,3H2,1-2H3. The maximum Gasteiger partial charge on any atom is 0.146 e. The van der Waals surface area contributed by atoms with Gasteiger partial charge in [0, 0.05) is 6.20 Å². The molecule has 3 heteroatoms. The van der Waals surface area contributed by atoms with E-state index in [2.05, 4.69) is 10.3 Å². The number of halogens is 1. The molecule has 1 aromatic carbocycles. The largest absolute Gasteiger partial charge is 0.305 e. The third-order valence-corrected chi connectivity index (χ3v) is 2.88. The molecular formula is C15H17FN2. The van der Waals surface area contributed by atoms with Crippen LogP contribution in [0, 0.1) is 12.7 Å². The highest BCUT2D eigenvalue weighted by molar-refractivity contribution is 5.30. The summed E-state index contributed by atoms with van der Waals surface area (Å²) in [6.07, 6.45) is 1.62. The maximum atomic E-state index is 13.8. The van der Waals surface area contributed by atoms with Gasteiger partial charge < -0.3 is 5.32 Å². The maximum absolute atomic E-state index is 13.8. The summed E-state index contributed by atoms with van der Waals surface area (Å²) in [5.74, 6) is -0.274. The van der Waals surface area contributed by atoms with Gasteiger partial charge in [-0.1, -0.05) is 36.8 Å². The Hall–Kier alpha value is -1.74. The van der Waals surface area contributed by atoms with E-state index in [1.807, 2.05) is 38.1 Å². The summed E-state index contributed by atoms with van der Waals surface area (Å²) in [4.78, 5) is 4.16. The lowest BCUT2D eigenvalue weighted by atomic mass is 10.0. The summed E-state index contributed by atoms with van der Waals surface area (Å²) in [6.45, 7) is 4.80. The number of pyridine rings is 1. The summed E-state index contributed by atoms with van der Waals surface area (Å²) in [5, 5.41) is 3.27. The zero-order valence-electron chi connectivity index (χ0n) is 10.7. The molecular weight excluding hydrogens is 227 g/mol. The van der Waals surface area contributed by atoms with Crippen molar-refractivity contribution in [2.45, 2.75) is 19.9 Å². The van der Waals surface area contributed by atoms with Crippen molar-refractivity contribution >= 4 is 0 Å². The van der Waals surface area contributed by atoms with Crippen molar-refractivity contribution in [1.29, 1.82) is 0 Å². The Labute approximate surface area is 107 Å². The molecule has 0 aliphatic carbocycles. The van der Waals surface area contributed by atoms with E-state index in [9.17, 15) is 4.39 Å². The van der Waals surface area contributed by atoms with Crippen LogP contribution in [0.4, 0.5) is 4.39 Å². The average molecular weight is 244 g/mol. The number of rotatable bonds is 4. The van der Waals surface area contributed by atoms with Crippen LogP contribution < -0.4 is 5.32 Å². The quantitative estimate of drug-likeness (QED) is 0.893. The van der Waals surface area contributed by atoms with Crippen molar-refractivity contribution in [3.05, 3.63) is 65.2 Å². The lowest BCUT2D eigenvalue weighted by Crippen LogP contribution is -2.24. The van der Waals surface area contributed by atoms with Crippen molar-refractivity contribution < 1.29 is 4.39 Å². The average Bonchev–Trinajstić information content (AvgIpc) is 2.38. The summed E-state index contributed by atoms with van der Waals surface area (Å²) in [7, 11) is 0. The lowest BCUT2D eigenvalue weighted by molar-refractivity contribution is 0.543. The molecule has 0 aliphatic heterocycles. The van der Waals surface area contributed by atoms with Crippen molar-refractivity contribution in [2.75, 3.05) is 6.54 Å². The normalized spacial score (nSPS) is 12.4. The SMILES string of the molecule is CCNC(c1ccc(C)cc1)c1ncccc1F. The van der Waals surface area contributed by atoms with Crippen LogP contribution >= 0.6 is 0 Å². The van der Waals surface area contributed by atoms with Gasteiger partial charge in [0.25, 0.3) is 0 Å².